The molecule has 106 valence electrons. The first-order valence-corrected chi connectivity index (χ1v) is 7.49. The Morgan fingerprint density at radius 2 is 2.00 bits per heavy atom. The smallest absolute Gasteiger partial charge is 0.191 e. The van der Waals surface area contributed by atoms with Gasteiger partial charge in [0.05, 0.1) is 0 Å². The van der Waals surface area contributed by atoms with Gasteiger partial charge in [0.1, 0.15) is 0 Å². The van der Waals surface area contributed by atoms with Crippen molar-refractivity contribution in [2.24, 2.45) is 4.99 Å². The monoisotopic (exact) mass is 255 g/mol. The van der Waals surface area contributed by atoms with Crippen molar-refractivity contribution >= 4 is 5.96 Å². The fourth-order valence-electron chi connectivity index (χ4n) is 2.26. The zero-order valence-corrected chi connectivity index (χ0v) is 12.0. The lowest BCUT2D eigenvalue weighted by Gasteiger charge is -2.24. The molecule has 4 nitrogen and oxygen atoms in total. The lowest BCUT2D eigenvalue weighted by atomic mass is 9.96. The average Bonchev–Trinajstić information content (AvgIpc) is 2.40. The van der Waals surface area contributed by atoms with E-state index in [4.69, 9.17) is 4.74 Å². The summed E-state index contributed by atoms with van der Waals surface area (Å²) in [7, 11) is 0. The molecule has 0 saturated heterocycles. The second kappa shape index (κ2) is 10.2. The van der Waals surface area contributed by atoms with Gasteiger partial charge in [0, 0.05) is 32.3 Å². The molecule has 0 aromatic heterocycles. The maximum absolute atomic E-state index is 5.32. The summed E-state index contributed by atoms with van der Waals surface area (Å²) in [5, 5.41) is 6.86. The van der Waals surface area contributed by atoms with Crippen LogP contribution < -0.4 is 10.6 Å². The molecular formula is C14H29N3O. The van der Waals surface area contributed by atoms with Crippen LogP contribution in [0.1, 0.15) is 52.4 Å². The summed E-state index contributed by atoms with van der Waals surface area (Å²) in [5.41, 5.74) is 0. The quantitative estimate of drug-likeness (QED) is 0.417. The molecule has 0 bridgehead atoms. The van der Waals surface area contributed by atoms with Crippen LogP contribution in [0.3, 0.4) is 0 Å². The van der Waals surface area contributed by atoms with Crippen molar-refractivity contribution in [2.75, 3.05) is 26.3 Å². The fraction of sp³-hybridized carbons (Fsp3) is 0.929. The molecule has 1 aliphatic rings. The van der Waals surface area contributed by atoms with Gasteiger partial charge in [-0.2, -0.15) is 0 Å². The number of guanidine groups is 1. The van der Waals surface area contributed by atoms with E-state index in [-0.39, 0.29) is 0 Å². The molecule has 0 heterocycles. The molecule has 4 heteroatoms. The Morgan fingerprint density at radius 3 is 2.67 bits per heavy atom. The van der Waals surface area contributed by atoms with Crippen LogP contribution in [-0.4, -0.2) is 38.3 Å². The number of aliphatic imine (C=N–C) groups is 1. The summed E-state index contributed by atoms with van der Waals surface area (Å²) in [6, 6.07) is 0.614. The highest BCUT2D eigenvalue weighted by atomic mass is 16.5. The number of nitrogens with one attached hydrogen (secondary N) is 2. The normalized spacial score (nSPS) is 17.8. The van der Waals surface area contributed by atoms with Crippen molar-refractivity contribution in [1.82, 2.24) is 10.6 Å². The van der Waals surface area contributed by atoms with Crippen LogP contribution in [0.25, 0.3) is 0 Å². The van der Waals surface area contributed by atoms with Gasteiger partial charge >= 0.3 is 0 Å². The first-order valence-electron chi connectivity index (χ1n) is 7.49. The molecule has 0 amide bonds. The number of hydrogen-bond donors (Lipinski definition) is 2. The third-order valence-corrected chi connectivity index (χ3v) is 3.21. The van der Waals surface area contributed by atoms with Crippen LogP contribution in [0.4, 0.5) is 0 Å². The van der Waals surface area contributed by atoms with Crippen molar-refractivity contribution in [3.8, 4) is 0 Å². The van der Waals surface area contributed by atoms with Crippen molar-refractivity contribution in [3.63, 3.8) is 0 Å². The minimum Gasteiger partial charge on any atom is -0.382 e. The van der Waals surface area contributed by atoms with Crippen molar-refractivity contribution in [2.45, 2.75) is 58.4 Å². The van der Waals surface area contributed by atoms with Gasteiger partial charge in [-0.1, -0.05) is 19.3 Å². The first kappa shape index (κ1) is 15.3. The van der Waals surface area contributed by atoms with Crippen molar-refractivity contribution < 1.29 is 4.74 Å². The van der Waals surface area contributed by atoms with Crippen LogP contribution >= 0.6 is 0 Å². The first-order chi connectivity index (χ1) is 8.86. The number of hydrogen-bond acceptors (Lipinski definition) is 2. The topological polar surface area (TPSA) is 45.7 Å². The SMILES string of the molecule is CCNC(=NCCCOCC)NC1CCCCC1. The lowest BCUT2D eigenvalue weighted by Crippen LogP contribution is -2.44. The van der Waals surface area contributed by atoms with Gasteiger partial charge in [0.2, 0.25) is 0 Å². The molecule has 0 radical (unpaired) electrons. The van der Waals surface area contributed by atoms with Crippen LogP contribution in [0.5, 0.6) is 0 Å². The third kappa shape index (κ3) is 6.84. The molecule has 0 spiro atoms. The van der Waals surface area contributed by atoms with E-state index in [0.717, 1.165) is 38.7 Å². The predicted octanol–water partition coefficient (Wildman–Crippen LogP) is 2.30. The van der Waals surface area contributed by atoms with Gasteiger partial charge in [0.15, 0.2) is 5.96 Å². The van der Waals surface area contributed by atoms with Gasteiger partial charge in [-0.25, -0.2) is 0 Å². The molecule has 18 heavy (non-hydrogen) atoms. The summed E-state index contributed by atoms with van der Waals surface area (Å²) < 4.78 is 5.32. The highest BCUT2D eigenvalue weighted by Gasteiger charge is 2.13. The van der Waals surface area contributed by atoms with Crippen LogP contribution in [0.15, 0.2) is 4.99 Å². The molecule has 0 aromatic carbocycles. The summed E-state index contributed by atoms with van der Waals surface area (Å²) in [6.07, 6.45) is 7.64. The van der Waals surface area contributed by atoms with E-state index in [1.807, 2.05) is 6.92 Å². The maximum atomic E-state index is 5.32. The molecular weight excluding hydrogens is 226 g/mol. The van der Waals surface area contributed by atoms with E-state index in [2.05, 4.69) is 22.5 Å². The minimum absolute atomic E-state index is 0.614. The van der Waals surface area contributed by atoms with Crippen LogP contribution in [0.2, 0.25) is 0 Å². The van der Waals surface area contributed by atoms with Gasteiger partial charge < -0.3 is 15.4 Å². The third-order valence-electron chi connectivity index (χ3n) is 3.21. The Bertz CT molecular complexity index is 225. The number of ether oxygens (including phenoxy) is 1. The van der Waals surface area contributed by atoms with Crippen molar-refractivity contribution in [3.05, 3.63) is 0 Å². The van der Waals surface area contributed by atoms with E-state index in [0.29, 0.717) is 6.04 Å². The van der Waals surface area contributed by atoms with Crippen LogP contribution in [-0.2, 0) is 4.74 Å². The highest BCUT2D eigenvalue weighted by Crippen LogP contribution is 2.17. The number of nitrogens with zero attached hydrogens (tertiary/aromatic N) is 1. The molecule has 1 saturated carbocycles. The molecule has 1 rings (SSSR count). The molecule has 2 N–H and O–H groups in total. The second-order valence-electron chi connectivity index (χ2n) is 4.79. The standard InChI is InChI=1S/C14H29N3O/c1-3-15-14(16-11-8-12-18-4-2)17-13-9-6-5-7-10-13/h13H,3-12H2,1-2H3,(H2,15,16,17). The molecule has 1 aliphatic carbocycles. The van der Waals surface area contributed by atoms with E-state index in [9.17, 15) is 0 Å². The Hall–Kier alpha value is -0.770. The Kier molecular flexibility index (Phi) is 8.65. The van der Waals surface area contributed by atoms with Crippen molar-refractivity contribution in [1.29, 1.82) is 0 Å². The predicted molar refractivity (Wildman–Crippen MR) is 77.1 cm³/mol. The lowest BCUT2D eigenvalue weighted by molar-refractivity contribution is 0.146. The summed E-state index contributed by atoms with van der Waals surface area (Å²) in [5.74, 6) is 0.973. The second-order valence-corrected chi connectivity index (χ2v) is 4.79. The molecule has 0 atom stereocenters. The van der Waals surface area contributed by atoms with Gasteiger partial charge in [-0.15, -0.1) is 0 Å². The molecule has 1 fully saturated rings. The Balaban J connectivity index is 2.25. The zero-order valence-electron chi connectivity index (χ0n) is 12.0. The summed E-state index contributed by atoms with van der Waals surface area (Å²) in [4.78, 5) is 4.59. The largest absolute Gasteiger partial charge is 0.382 e. The fourth-order valence-corrected chi connectivity index (χ4v) is 2.26. The molecule has 0 aromatic rings. The maximum Gasteiger partial charge on any atom is 0.191 e. The van der Waals surface area contributed by atoms with E-state index >= 15 is 0 Å². The highest BCUT2D eigenvalue weighted by molar-refractivity contribution is 5.80. The van der Waals surface area contributed by atoms with Gasteiger partial charge in [0.25, 0.3) is 0 Å². The Labute approximate surface area is 112 Å². The van der Waals surface area contributed by atoms with E-state index in [1.165, 1.54) is 32.1 Å². The molecule has 0 aliphatic heterocycles. The summed E-state index contributed by atoms with van der Waals surface area (Å²) in [6.45, 7) is 7.50. The number of rotatable bonds is 7. The Morgan fingerprint density at radius 1 is 1.22 bits per heavy atom. The van der Waals surface area contributed by atoms with Gasteiger partial charge in [-0.05, 0) is 33.1 Å². The van der Waals surface area contributed by atoms with Gasteiger partial charge in [-0.3, -0.25) is 4.99 Å². The minimum atomic E-state index is 0.614. The summed E-state index contributed by atoms with van der Waals surface area (Å²) >= 11 is 0. The van der Waals surface area contributed by atoms with E-state index < -0.39 is 0 Å². The van der Waals surface area contributed by atoms with E-state index in [1.54, 1.807) is 0 Å². The average molecular weight is 255 g/mol. The van der Waals surface area contributed by atoms with Crippen LogP contribution in [0, 0.1) is 0 Å². The zero-order chi connectivity index (χ0) is 13.1. The molecule has 0 unspecified atom stereocenters.